The van der Waals surface area contributed by atoms with E-state index in [2.05, 4.69) is 17.6 Å². The molecule has 1 aromatic rings. The van der Waals surface area contributed by atoms with Crippen molar-refractivity contribution in [1.82, 2.24) is 15.5 Å². The number of hydrogen-bond donors (Lipinski definition) is 2. The van der Waals surface area contributed by atoms with Gasteiger partial charge in [-0.3, -0.25) is 9.59 Å². The Labute approximate surface area is 205 Å². The molecule has 0 saturated heterocycles. The lowest BCUT2D eigenvalue weighted by Crippen LogP contribution is -2.58. The molecule has 1 aromatic carbocycles. The number of nitrogens with zero attached hydrogens (tertiary/aromatic N) is 1. The summed E-state index contributed by atoms with van der Waals surface area (Å²) in [6.45, 7) is 13.8. The zero-order valence-corrected chi connectivity index (χ0v) is 21.9. The molecule has 0 heterocycles. The Kier molecular flexibility index (Phi) is 9.95. The van der Waals surface area contributed by atoms with Gasteiger partial charge in [-0.25, -0.2) is 4.79 Å². The standard InChI is InChI=1S/C27H43N3O4/c1-8-9-16-28-24(31)23(20-13-10-12-19(4)17-20)30(21-14-11-15-21)25(32)22(18(2)3)29-26(33)34-27(5,6)7/h10,12-13,17-18,21-23H,8-9,11,14-16H2,1-7H3,(H,28,31)(H,29,33). The first kappa shape index (κ1) is 27.7. The number of carbonyl (C=O) groups is 3. The Bertz CT molecular complexity index is 843. The third-order valence-electron chi connectivity index (χ3n) is 6.04. The van der Waals surface area contributed by atoms with E-state index < -0.39 is 23.8 Å². The molecule has 7 nitrogen and oxygen atoms in total. The predicted molar refractivity (Wildman–Crippen MR) is 134 cm³/mol. The number of benzene rings is 1. The number of rotatable bonds is 10. The molecule has 3 amide bonds. The van der Waals surface area contributed by atoms with Crippen LogP contribution in [0.3, 0.4) is 0 Å². The van der Waals surface area contributed by atoms with Crippen molar-refractivity contribution in [2.75, 3.05) is 6.54 Å². The van der Waals surface area contributed by atoms with Crippen LogP contribution in [0.4, 0.5) is 4.79 Å². The van der Waals surface area contributed by atoms with E-state index >= 15 is 0 Å². The number of ether oxygens (including phenoxy) is 1. The fourth-order valence-electron chi connectivity index (χ4n) is 4.06. The van der Waals surface area contributed by atoms with Crippen molar-refractivity contribution >= 4 is 17.9 Å². The van der Waals surface area contributed by atoms with Gasteiger partial charge in [-0.1, -0.05) is 57.0 Å². The van der Waals surface area contributed by atoms with Crippen LogP contribution in [0, 0.1) is 12.8 Å². The molecule has 1 aliphatic rings. The Morgan fingerprint density at radius 1 is 1.18 bits per heavy atom. The number of nitrogens with one attached hydrogen (secondary N) is 2. The number of unbranched alkanes of at least 4 members (excludes halogenated alkanes) is 1. The van der Waals surface area contributed by atoms with Crippen LogP contribution in [-0.2, 0) is 14.3 Å². The molecule has 34 heavy (non-hydrogen) atoms. The van der Waals surface area contributed by atoms with E-state index in [1.165, 1.54) is 0 Å². The predicted octanol–water partition coefficient (Wildman–Crippen LogP) is 4.88. The smallest absolute Gasteiger partial charge is 0.408 e. The van der Waals surface area contributed by atoms with Gasteiger partial charge in [-0.05, 0) is 64.9 Å². The second kappa shape index (κ2) is 12.2. The minimum atomic E-state index is -0.800. The van der Waals surface area contributed by atoms with E-state index in [1.807, 2.05) is 45.0 Å². The molecule has 0 aliphatic heterocycles. The van der Waals surface area contributed by atoms with E-state index in [9.17, 15) is 14.4 Å². The lowest BCUT2D eigenvalue weighted by atomic mass is 9.87. The normalized spacial score (nSPS) is 15.8. The molecule has 0 aromatic heterocycles. The summed E-state index contributed by atoms with van der Waals surface area (Å²) >= 11 is 0. The monoisotopic (exact) mass is 473 g/mol. The van der Waals surface area contributed by atoms with Crippen LogP contribution in [0.2, 0.25) is 0 Å². The summed E-state index contributed by atoms with van der Waals surface area (Å²) in [5.74, 6) is -0.606. The number of alkyl carbamates (subject to hydrolysis) is 1. The third kappa shape index (κ3) is 7.74. The molecule has 7 heteroatoms. The van der Waals surface area contributed by atoms with Crippen LogP contribution in [0.1, 0.15) is 90.8 Å². The minimum absolute atomic E-state index is 0.0448. The van der Waals surface area contributed by atoms with Crippen LogP contribution < -0.4 is 10.6 Å². The molecule has 2 N–H and O–H groups in total. The largest absolute Gasteiger partial charge is 0.444 e. The first-order valence-electron chi connectivity index (χ1n) is 12.6. The summed E-state index contributed by atoms with van der Waals surface area (Å²) in [5.41, 5.74) is 1.14. The van der Waals surface area contributed by atoms with Crippen molar-refractivity contribution in [3.8, 4) is 0 Å². The number of aryl methyl sites for hydroxylation is 1. The summed E-state index contributed by atoms with van der Waals surface area (Å²) < 4.78 is 5.42. The molecule has 0 spiro atoms. The molecule has 2 atom stereocenters. The summed E-state index contributed by atoms with van der Waals surface area (Å²) in [6.07, 6.45) is 3.90. The van der Waals surface area contributed by atoms with Gasteiger partial charge < -0.3 is 20.3 Å². The molecule has 2 unspecified atom stereocenters. The summed E-state index contributed by atoms with van der Waals surface area (Å²) in [5, 5.41) is 5.82. The molecule has 0 radical (unpaired) electrons. The Morgan fingerprint density at radius 2 is 1.85 bits per heavy atom. The lowest BCUT2D eigenvalue weighted by Gasteiger charge is -2.44. The molecule has 1 fully saturated rings. The SMILES string of the molecule is CCCCNC(=O)C(c1cccc(C)c1)N(C(=O)C(NC(=O)OC(C)(C)C)C(C)C)C1CCC1. The molecule has 2 rings (SSSR count). The van der Waals surface area contributed by atoms with Crippen LogP contribution >= 0.6 is 0 Å². The Hall–Kier alpha value is -2.57. The second-order valence-electron chi connectivity index (χ2n) is 10.7. The molecule has 190 valence electrons. The first-order chi connectivity index (χ1) is 15.9. The summed E-state index contributed by atoms with van der Waals surface area (Å²) in [4.78, 5) is 41.8. The number of carbonyl (C=O) groups excluding carboxylic acids is 3. The Balaban J connectivity index is 2.43. The van der Waals surface area contributed by atoms with Crippen molar-refractivity contribution in [2.45, 2.75) is 104 Å². The van der Waals surface area contributed by atoms with Crippen molar-refractivity contribution in [1.29, 1.82) is 0 Å². The summed E-state index contributed by atoms with van der Waals surface area (Å²) in [7, 11) is 0. The lowest BCUT2D eigenvalue weighted by molar-refractivity contribution is -0.148. The van der Waals surface area contributed by atoms with Crippen LogP contribution in [-0.4, -0.2) is 47.0 Å². The average molecular weight is 474 g/mol. The van der Waals surface area contributed by atoms with Crippen molar-refractivity contribution in [3.63, 3.8) is 0 Å². The maximum Gasteiger partial charge on any atom is 0.408 e. The quantitative estimate of drug-likeness (QED) is 0.474. The van der Waals surface area contributed by atoms with Crippen LogP contribution in [0.25, 0.3) is 0 Å². The number of hydrogen-bond acceptors (Lipinski definition) is 4. The van der Waals surface area contributed by atoms with Gasteiger partial charge in [-0.15, -0.1) is 0 Å². The zero-order chi connectivity index (χ0) is 25.5. The fraction of sp³-hybridized carbons (Fsp3) is 0.667. The number of amides is 3. The maximum atomic E-state index is 14.0. The van der Waals surface area contributed by atoms with E-state index in [-0.39, 0.29) is 23.8 Å². The van der Waals surface area contributed by atoms with Gasteiger partial charge in [0.2, 0.25) is 11.8 Å². The summed E-state index contributed by atoms with van der Waals surface area (Å²) in [6, 6.07) is 6.17. The molecule has 1 saturated carbocycles. The topological polar surface area (TPSA) is 87.7 Å². The highest BCUT2D eigenvalue weighted by Gasteiger charge is 2.42. The zero-order valence-electron chi connectivity index (χ0n) is 21.9. The van der Waals surface area contributed by atoms with Gasteiger partial charge in [0.05, 0.1) is 0 Å². The van der Waals surface area contributed by atoms with Gasteiger partial charge in [0, 0.05) is 12.6 Å². The third-order valence-corrected chi connectivity index (χ3v) is 6.04. The van der Waals surface area contributed by atoms with E-state index in [4.69, 9.17) is 4.74 Å². The van der Waals surface area contributed by atoms with Gasteiger partial charge in [-0.2, -0.15) is 0 Å². The Morgan fingerprint density at radius 3 is 2.35 bits per heavy atom. The molecule has 1 aliphatic carbocycles. The van der Waals surface area contributed by atoms with Crippen LogP contribution in [0.15, 0.2) is 24.3 Å². The molecular weight excluding hydrogens is 430 g/mol. The second-order valence-corrected chi connectivity index (χ2v) is 10.7. The van der Waals surface area contributed by atoms with Gasteiger partial charge in [0.25, 0.3) is 0 Å². The van der Waals surface area contributed by atoms with E-state index in [0.29, 0.717) is 6.54 Å². The first-order valence-corrected chi connectivity index (χ1v) is 12.6. The van der Waals surface area contributed by atoms with Gasteiger partial charge in [0.15, 0.2) is 0 Å². The van der Waals surface area contributed by atoms with Crippen molar-refractivity contribution in [3.05, 3.63) is 35.4 Å². The highest BCUT2D eigenvalue weighted by Crippen LogP contribution is 2.34. The average Bonchev–Trinajstić information content (AvgIpc) is 2.68. The van der Waals surface area contributed by atoms with Gasteiger partial charge in [0.1, 0.15) is 17.7 Å². The highest BCUT2D eigenvalue weighted by molar-refractivity contribution is 5.92. The van der Waals surface area contributed by atoms with E-state index in [0.717, 1.165) is 43.2 Å². The van der Waals surface area contributed by atoms with Crippen molar-refractivity contribution in [2.24, 2.45) is 5.92 Å². The minimum Gasteiger partial charge on any atom is -0.444 e. The van der Waals surface area contributed by atoms with Crippen LogP contribution in [0.5, 0.6) is 0 Å². The van der Waals surface area contributed by atoms with Gasteiger partial charge >= 0.3 is 6.09 Å². The maximum absolute atomic E-state index is 14.0. The van der Waals surface area contributed by atoms with E-state index in [1.54, 1.807) is 25.7 Å². The molecule has 0 bridgehead atoms. The fourth-order valence-corrected chi connectivity index (χ4v) is 4.06. The highest BCUT2D eigenvalue weighted by atomic mass is 16.6. The van der Waals surface area contributed by atoms with Crippen molar-refractivity contribution < 1.29 is 19.1 Å². The molecular formula is C27H43N3O4.